The number of rotatable bonds is 10. The second-order valence-corrected chi connectivity index (χ2v) is 9.33. The zero-order chi connectivity index (χ0) is 24.6. The van der Waals surface area contributed by atoms with Gasteiger partial charge >= 0.3 is 0 Å². The van der Waals surface area contributed by atoms with Crippen LogP contribution >= 0.6 is 11.8 Å². The van der Waals surface area contributed by atoms with Crippen molar-refractivity contribution in [1.82, 2.24) is 14.9 Å². The van der Waals surface area contributed by atoms with Crippen LogP contribution in [0.1, 0.15) is 12.0 Å². The van der Waals surface area contributed by atoms with E-state index in [1.807, 2.05) is 54.6 Å². The summed E-state index contributed by atoms with van der Waals surface area (Å²) in [7, 11) is 5.78. The molecule has 8 heteroatoms. The Hall–Kier alpha value is -3.80. The first-order chi connectivity index (χ1) is 17.1. The van der Waals surface area contributed by atoms with Crippen molar-refractivity contribution >= 4 is 39.7 Å². The van der Waals surface area contributed by atoms with Crippen molar-refractivity contribution < 1.29 is 4.74 Å². The predicted molar refractivity (Wildman–Crippen MR) is 143 cm³/mol. The number of hydrogen-bond acceptors (Lipinski definition) is 8. The molecule has 178 valence electrons. The van der Waals surface area contributed by atoms with Crippen LogP contribution in [0.2, 0.25) is 0 Å². The Balaban J connectivity index is 1.59. The molecule has 0 aliphatic carbocycles. The molecule has 0 saturated heterocycles. The van der Waals surface area contributed by atoms with Gasteiger partial charge in [0.15, 0.2) is 0 Å². The minimum atomic E-state index is 0.471. The van der Waals surface area contributed by atoms with E-state index in [1.165, 1.54) is 0 Å². The number of hydrogen-bond donors (Lipinski definition) is 2. The topological polar surface area (TPSA) is 86.1 Å². The SMILES string of the molecule is COc1cc2c(Nc3ccc(Sc4ccccn4)cc3)c(C#N)cnc2cc1NCCCN(C)C. The number of nitrogens with one attached hydrogen (secondary N) is 2. The van der Waals surface area contributed by atoms with Crippen LogP contribution in [0.5, 0.6) is 5.75 Å². The molecule has 2 aromatic heterocycles. The van der Waals surface area contributed by atoms with Crippen molar-refractivity contribution in [1.29, 1.82) is 5.26 Å². The highest BCUT2D eigenvalue weighted by Gasteiger charge is 2.14. The van der Waals surface area contributed by atoms with Crippen LogP contribution in [-0.4, -0.2) is 49.2 Å². The van der Waals surface area contributed by atoms with Crippen LogP contribution in [0.3, 0.4) is 0 Å². The van der Waals surface area contributed by atoms with E-state index in [9.17, 15) is 5.26 Å². The van der Waals surface area contributed by atoms with E-state index in [4.69, 9.17) is 4.74 Å². The molecule has 0 saturated carbocycles. The van der Waals surface area contributed by atoms with Gasteiger partial charge in [0.1, 0.15) is 16.8 Å². The molecule has 0 atom stereocenters. The molecule has 2 N–H and O–H groups in total. The lowest BCUT2D eigenvalue weighted by atomic mass is 10.1. The normalized spacial score (nSPS) is 10.8. The molecule has 0 radical (unpaired) electrons. The Bertz CT molecular complexity index is 1320. The Morgan fingerprint density at radius 2 is 1.91 bits per heavy atom. The van der Waals surface area contributed by atoms with Crippen molar-refractivity contribution in [2.24, 2.45) is 0 Å². The molecule has 35 heavy (non-hydrogen) atoms. The van der Waals surface area contributed by atoms with Gasteiger partial charge in [0.2, 0.25) is 0 Å². The maximum Gasteiger partial charge on any atom is 0.142 e. The highest BCUT2D eigenvalue weighted by atomic mass is 32.2. The third-order valence-corrected chi connectivity index (χ3v) is 6.35. The predicted octanol–water partition coefficient (Wildman–Crippen LogP) is 5.77. The summed E-state index contributed by atoms with van der Waals surface area (Å²) in [6.07, 6.45) is 4.41. The summed E-state index contributed by atoms with van der Waals surface area (Å²) < 4.78 is 5.66. The molecule has 0 unspecified atom stereocenters. The third kappa shape index (κ3) is 6.21. The van der Waals surface area contributed by atoms with Gasteiger partial charge in [0.25, 0.3) is 0 Å². The molecule has 4 aromatic rings. The minimum absolute atomic E-state index is 0.471. The van der Waals surface area contributed by atoms with Gasteiger partial charge in [0, 0.05) is 34.9 Å². The van der Waals surface area contributed by atoms with E-state index < -0.39 is 0 Å². The maximum absolute atomic E-state index is 9.75. The summed E-state index contributed by atoms with van der Waals surface area (Å²) in [5, 5.41) is 18.4. The molecule has 0 spiro atoms. The fourth-order valence-corrected chi connectivity index (χ4v) is 4.42. The monoisotopic (exact) mass is 484 g/mol. The fourth-order valence-electron chi connectivity index (χ4n) is 3.64. The Morgan fingerprint density at radius 3 is 2.60 bits per heavy atom. The summed E-state index contributed by atoms with van der Waals surface area (Å²) in [5.41, 5.74) is 3.73. The highest BCUT2D eigenvalue weighted by molar-refractivity contribution is 7.99. The molecule has 2 heterocycles. The van der Waals surface area contributed by atoms with E-state index in [0.29, 0.717) is 17.0 Å². The van der Waals surface area contributed by atoms with Crippen LogP contribution in [0, 0.1) is 11.3 Å². The minimum Gasteiger partial charge on any atom is -0.495 e. The second-order valence-electron chi connectivity index (χ2n) is 8.23. The zero-order valence-corrected chi connectivity index (χ0v) is 20.9. The maximum atomic E-state index is 9.75. The molecule has 0 aliphatic heterocycles. The van der Waals surface area contributed by atoms with Crippen LogP contribution in [0.25, 0.3) is 10.9 Å². The van der Waals surface area contributed by atoms with Crippen LogP contribution in [0.4, 0.5) is 17.1 Å². The van der Waals surface area contributed by atoms with Gasteiger partial charge in [-0.15, -0.1) is 0 Å². The van der Waals surface area contributed by atoms with Crippen LogP contribution in [0.15, 0.2) is 76.9 Å². The summed E-state index contributed by atoms with van der Waals surface area (Å²) in [6.45, 7) is 1.82. The fraction of sp³-hybridized carbons (Fsp3) is 0.222. The average molecular weight is 485 g/mol. The van der Waals surface area contributed by atoms with Crippen molar-refractivity contribution in [2.75, 3.05) is 44.9 Å². The number of methoxy groups -OCH3 is 1. The van der Waals surface area contributed by atoms with E-state index in [1.54, 1.807) is 31.3 Å². The molecule has 4 rings (SSSR count). The molecule has 0 fully saturated rings. The molecule has 0 bridgehead atoms. The Labute approximate surface area is 210 Å². The molecular weight excluding hydrogens is 456 g/mol. The molecular formula is C27H28N6OS. The molecule has 7 nitrogen and oxygen atoms in total. The summed E-state index contributed by atoms with van der Waals surface area (Å²) >= 11 is 1.60. The van der Waals surface area contributed by atoms with Crippen molar-refractivity contribution in [2.45, 2.75) is 16.3 Å². The van der Waals surface area contributed by atoms with E-state index in [2.05, 4.69) is 45.7 Å². The number of fused-ring (bicyclic) bond motifs is 1. The van der Waals surface area contributed by atoms with Gasteiger partial charge in [-0.05, 0) is 75.6 Å². The van der Waals surface area contributed by atoms with Gasteiger partial charge in [-0.2, -0.15) is 5.26 Å². The van der Waals surface area contributed by atoms with Crippen molar-refractivity contribution in [3.63, 3.8) is 0 Å². The summed E-state index contributed by atoms with van der Waals surface area (Å²) in [5.74, 6) is 0.712. The van der Waals surface area contributed by atoms with Crippen LogP contribution in [-0.2, 0) is 0 Å². The average Bonchev–Trinajstić information content (AvgIpc) is 2.88. The summed E-state index contributed by atoms with van der Waals surface area (Å²) in [6, 6.07) is 20.1. The summed E-state index contributed by atoms with van der Waals surface area (Å²) in [4.78, 5) is 12.1. The number of nitrogens with zero attached hydrogens (tertiary/aromatic N) is 4. The van der Waals surface area contributed by atoms with Gasteiger partial charge in [0.05, 0.1) is 29.6 Å². The van der Waals surface area contributed by atoms with Gasteiger partial charge in [-0.1, -0.05) is 17.8 Å². The largest absolute Gasteiger partial charge is 0.495 e. The lowest BCUT2D eigenvalue weighted by molar-refractivity contribution is 0.404. The second kappa shape index (κ2) is 11.6. The smallest absolute Gasteiger partial charge is 0.142 e. The third-order valence-electron chi connectivity index (χ3n) is 5.39. The Kier molecular flexibility index (Phi) is 8.03. The van der Waals surface area contributed by atoms with Crippen molar-refractivity contribution in [3.05, 3.63) is 72.6 Å². The number of anilines is 3. The van der Waals surface area contributed by atoms with E-state index >= 15 is 0 Å². The molecule has 0 amide bonds. The lowest BCUT2D eigenvalue weighted by Crippen LogP contribution is -2.16. The molecule has 0 aliphatic rings. The van der Waals surface area contributed by atoms with Crippen molar-refractivity contribution in [3.8, 4) is 11.8 Å². The van der Waals surface area contributed by atoms with Gasteiger partial charge in [-0.3, -0.25) is 4.98 Å². The number of nitriles is 1. The number of pyridine rings is 2. The van der Waals surface area contributed by atoms with E-state index in [0.717, 1.165) is 51.7 Å². The Morgan fingerprint density at radius 1 is 1.09 bits per heavy atom. The van der Waals surface area contributed by atoms with Crippen LogP contribution < -0.4 is 15.4 Å². The number of aromatic nitrogens is 2. The van der Waals surface area contributed by atoms with Gasteiger partial charge < -0.3 is 20.3 Å². The van der Waals surface area contributed by atoms with E-state index in [-0.39, 0.29) is 0 Å². The number of ether oxygens (including phenoxy) is 1. The first-order valence-electron chi connectivity index (χ1n) is 11.3. The first kappa shape index (κ1) is 24.3. The lowest BCUT2D eigenvalue weighted by Gasteiger charge is -2.16. The number of benzene rings is 2. The quantitative estimate of drug-likeness (QED) is 0.275. The first-order valence-corrected chi connectivity index (χ1v) is 12.1. The standard InChI is InChI=1S/C27H28N6OS/c1-33(2)14-6-13-29-24-16-23-22(15-25(24)34-3)27(19(17-28)18-31-23)32-20-8-10-21(11-9-20)35-26-7-4-5-12-30-26/h4-5,7-12,15-16,18,29H,6,13-14H2,1-3H3,(H,31,32). The van der Waals surface area contributed by atoms with Gasteiger partial charge in [-0.25, -0.2) is 4.98 Å². The zero-order valence-electron chi connectivity index (χ0n) is 20.1. The highest BCUT2D eigenvalue weighted by Crippen LogP contribution is 2.36. The molecule has 2 aromatic carbocycles.